The highest BCUT2D eigenvalue weighted by molar-refractivity contribution is 9.10. The van der Waals surface area contributed by atoms with Crippen LogP contribution in [0.2, 0.25) is 0 Å². The molecule has 1 aromatic heterocycles. The van der Waals surface area contributed by atoms with Gasteiger partial charge in [0.2, 0.25) is 5.96 Å². The van der Waals surface area contributed by atoms with Crippen LogP contribution in [0.1, 0.15) is 52.7 Å². The van der Waals surface area contributed by atoms with E-state index >= 15 is 0 Å². The van der Waals surface area contributed by atoms with Gasteiger partial charge in [0.05, 0.1) is 17.8 Å². The summed E-state index contributed by atoms with van der Waals surface area (Å²) < 4.78 is 40.8. The third kappa shape index (κ3) is 7.67. The Labute approximate surface area is 258 Å². The maximum absolute atomic E-state index is 13.5. The maximum Gasteiger partial charge on any atom is 0.416 e. The summed E-state index contributed by atoms with van der Waals surface area (Å²) in [4.78, 5) is 18.7. The molecule has 5 rings (SSSR count). The molecule has 3 N–H and O–H groups in total. The van der Waals surface area contributed by atoms with Crippen molar-refractivity contribution in [3.8, 4) is 6.19 Å². The number of rotatable bonds is 7. The number of hydrogen-bond acceptors (Lipinski definition) is 6. The number of nitrogens with one attached hydrogen (secondary N) is 3. The highest BCUT2D eigenvalue weighted by Crippen LogP contribution is 2.35. The zero-order chi connectivity index (χ0) is 31.1. The van der Waals surface area contributed by atoms with E-state index in [0.717, 1.165) is 48.9 Å². The van der Waals surface area contributed by atoms with E-state index in [1.807, 2.05) is 30.5 Å². The van der Waals surface area contributed by atoms with Gasteiger partial charge < -0.3 is 4.90 Å². The molecule has 1 aliphatic rings. The van der Waals surface area contributed by atoms with E-state index in [2.05, 4.69) is 58.3 Å². The predicted molar refractivity (Wildman–Crippen MR) is 163 cm³/mol. The second kappa shape index (κ2) is 13.5. The van der Waals surface area contributed by atoms with Gasteiger partial charge in [-0.25, -0.2) is 4.99 Å². The highest BCUT2D eigenvalue weighted by Gasteiger charge is 2.31. The Kier molecular flexibility index (Phi) is 9.35. The van der Waals surface area contributed by atoms with Crippen LogP contribution in [0.3, 0.4) is 0 Å². The second-order valence-corrected chi connectivity index (χ2v) is 10.8. The Morgan fingerprint density at radius 1 is 1.09 bits per heavy atom. The lowest BCUT2D eigenvalue weighted by Crippen LogP contribution is -2.39. The molecule has 3 aromatic carbocycles. The first-order chi connectivity index (χ1) is 21.2. The van der Waals surface area contributed by atoms with E-state index in [9.17, 15) is 23.2 Å². The van der Waals surface area contributed by atoms with Crippen molar-refractivity contribution in [1.82, 2.24) is 25.9 Å². The third-order valence-electron chi connectivity index (χ3n) is 6.84. The molecular weight excluding hydrogens is 639 g/mol. The summed E-state index contributed by atoms with van der Waals surface area (Å²) in [6.07, 6.45) is 3.81. The number of aromatic nitrogens is 4. The van der Waals surface area contributed by atoms with Crippen molar-refractivity contribution in [1.29, 1.82) is 5.26 Å². The normalized spacial score (nSPS) is 13.5. The summed E-state index contributed by atoms with van der Waals surface area (Å²) in [5.41, 5.74) is 3.18. The Bertz CT molecular complexity index is 1710. The molecule has 0 aliphatic heterocycles. The molecule has 10 nitrogen and oxygen atoms in total. The van der Waals surface area contributed by atoms with Gasteiger partial charge in [-0.3, -0.25) is 15.4 Å². The van der Waals surface area contributed by atoms with E-state index < -0.39 is 17.6 Å². The number of amides is 1. The molecule has 44 heavy (non-hydrogen) atoms. The predicted octanol–water partition coefficient (Wildman–Crippen LogP) is 6.96. The molecule has 0 saturated carbocycles. The third-order valence-corrected chi connectivity index (χ3v) is 7.29. The molecule has 0 radical (unpaired) electrons. The highest BCUT2D eigenvalue weighted by atomic mass is 79.9. The number of alkyl halides is 3. The lowest BCUT2D eigenvalue weighted by molar-refractivity contribution is -0.137. The van der Waals surface area contributed by atoms with Crippen LogP contribution in [0.25, 0.3) is 5.57 Å². The fourth-order valence-electron chi connectivity index (χ4n) is 4.71. The Balaban J connectivity index is 1.49. The minimum absolute atomic E-state index is 0.00749. The quantitative estimate of drug-likeness (QED) is 0.0842. The Morgan fingerprint density at radius 3 is 2.50 bits per heavy atom. The lowest BCUT2D eigenvalue weighted by Gasteiger charge is -2.26. The number of nitriles is 1. The van der Waals surface area contributed by atoms with Gasteiger partial charge in [0, 0.05) is 15.7 Å². The average Bonchev–Trinajstić information content (AvgIpc) is 3.53. The number of allylic oxidation sites excluding steroid dienone is 2. The minimum Gasteiger partial charge on any atom is -0.307 e. The summed E-state index contributed by atoms with van der Waals surface area (Å²) in [7, 11) is 0. The fourth-order valence-corrected chi connectivity index (χ4v) is 5.19. The summed E-state index contributed by atoms with van der Waals surface area (Å²) in [6, 6.07) is 17.7. The first-order valence-electron chi connectivity index (χ1n) is 13.5. The number of anilines is 2. The molecule has 0 unspecified atom stereocenters. The smallest absolute Gasteiger partial charge is 0.307 e. The summed E-state index contributed by atoms with van der Waals surface area (Å²) in [5.74, 6) is -0.393. The Morgan fingerprint density at radius 2 is 1.86 bits per heavy atom. The molecule has 0 fully saturated rings. The number of tetrazole rings is 1. The SMILES string of the molecule is N#CNC(=Nc1cc(Br)cc(C(F)(F)F)c1)N(Cc1ccc(C(=O)Nc2nn[nH]n2)cc1)c1ccc(C2=CCCCC2)cc1. The van der Waals surface area contributed by atoms with Crippen LogP contribution in [-0.4, -0.2) is 32.5 Å². The molecule has 4 aromatic rings. The zero-order valence-electron chi connectivity index (χ0n) is 23.1. The van der Waals surface area contributed by atoms with Crippen LogP contribution in [0.5, 0.6) is 0 Å². The van der Waals surface area contributed by atoms with Gasteiger partial charge in [0.15, 0.2) is 6.19 Å². The number of guanidine groups is 1. The molecule has 0 bridgehead atoms. The van der Waals surface area contributed by atoms with Crippen molar-refractivity contribution < 1.29 is 18.0 Å². The fraction of sp³-hybridized carbons (Fsp3) is 0.200. The molecule has 1 heterocycles. The molecule has 0 saturated heterocycles. The van der Waals surface area contributed by atoms with Crippen LogP contribution in [0.15, 0.2) is 82.3 Å². The summed E-state index contributed by atoms with van der Waals surface area (Å²) in [6.45, 7) is 0.169. The van der Waals surface area contributed by atoms with Gasteiger partial charge in [-0.15, -0.1) is 5.10 Å². The molecule has 1 amide bonds. The number of aliphatic imine (C=N–C) groups is 1. The summed E-state index contributed by atoms with van der Waals surface area (Å²) in [5, 5.41) is 27.7. The van der Waals surface area contributed by atoms with Gasteiger partial charge >= 0.3 is 6.18 Å². The van der Waals surface area contributed by atoms with Gasteiger partial charge in [-0.2, -0.15) is 23.6 Å². The number of carbonyl (C=O) groups is 1. The number of nitrogens with zero attached hydrogens (tertiary/aromatic N) is 6. The van der Waals surface area contributed by atoms with Crippen LogP contribution in [-0.2, 0) is 12.7 Å². The molecule has 224 valence electrons. The first-order valence-corrected chi connectivity index (χ1v) is 14.3. The van der Waals surface area contributed by atoms with Crippen molar-refractivity contribution in [2.24, 2.45) is 4.99 Å². The van der Waals surface area contributed by atoms with E-state index in [0.29, 0.717) is 11.3 Å². The zero-order valence-corrected chi connectivity index (χ0v) is 24.7. The van der Waals surface area contributed by atoms with Crippen LogP contribution < -0.4 is 15.5 Å². The molecule has 0 spiro atoms. The Hall–Kier alpha value is -5.03. The van der Waals surface area contributed by atoms with Crippen LogP contribution >= 0.6 is 15.9 Å². The van der Waals surface area contributed by atoms with E-state index in [-0.39, 0.29) is 28.6 Å². The minimum atomic E-state index is -4.59. The van der Waals surface area contributed by atoms with Crippen LogP contribution in [0.4, 0.5) is 30.5 Å². The van der Waals surface area contributed by atoms with Gasteiger partial charge in [0.1, 0.15) is 0 Å². The van der Waals surface area contributed by atoms with Gasteiger partial charge in [-0.1, -0.05) is 51.4 Å². The lowest BCUT2D eigenvalue weighted by atomic mass is 9.93. The average molecular weight is 664 g/mol. The summed E-state index contributed by atoms with van der Waals surface area (Å²) >= 11 is 3.13. The monoisotopic (exact) mass is 663 g/mol. The van der Waals surface area contributed by atoms with Crippen molar-refractivity contribution in [2.45, 2.75) is 38.4 Å². The largest absolute Gasteiger partial charge is 0.416 e. The van der Waals surface area contributed by atoms with Crippen molar-refractivity contribution in [3.05, 3.63) is 99.5 Å². The van der Waals surface area contributed by atoms with Crippen LogP contribution in [0, 0.1) is 11.5 Å². The van der Waals surface area contributed by atoms with Gasteiger partial charge in [0.25, 0.3) is 11.9 Å². The number of benzene rings is 3. The van der Waals surface area contributed by atoms with Crippen molar-refractivity contribution in [2.75, 3.05) is 10.2 Å². The number of aromatic amines is 1. The topological polar surface area (TPSA) is 135 Å². The van der Waals surface area contributed by atoms with E-state index in [1.54, 1.807) is 29.2 Å². The number of H-pyrrole nitrogens is 1. The molecular formula is C30H25BrF3N9O. The van der Waals surface area contributed by atoms with Gasteiger partial charge in [-0.05, 0) is 90.1 Å². The number of halogens is 4. The van der Waals surface area contributed by atoms with Crippen molar-refractivity contribution >= 4 is 50.7 Å². The van der Waals surface area contributed by atoms with Crippen molar-refractivity contribution in [3.63, 3.8) is 0 Å². The molecule has 1 aliphatic carbocycles. The molecule has 0 atom stereocenters. The number of hydrogen-bond donors (Lipinski definition) is 3. The molecule has 14 heteroatoms. The first kappa shape index (κ1) is 30.4. The second-order valence-electron chi connectivity index (χ2n) is 9.86. The standard InChI is InChI=1S/C30H25BrF3N9O/c31-24-14-23(30(32,33)34)15-25(16-24)37-29(36-18-35)43(26-12-10-21(11-13-26)20-4-2-1-3-5-20)17-19-6-8-22(9-7-19)27(44)38-28-39-41-42-40-28/h4,6-16H,1-3,5,17H2,(H,36,37)(H2,38,39,40,41,42,44). The van der Waals surface area contributed by atoms with E-state index in [1.165, 1.54) is 11.6 Å². The number of carbonyl (C=O) groups excluding carboxylic acids is 1. The van der Waals surface area contributed by atoms with E-state index in [4.69, 9.17) is 0 Å². The maximum atomic E-state index is 13.5.